The van der Waals surface area contributed by atoms with E-state index in [0.717, 1.165) is 24.8 Å². The summed E-state index contributed by atoms with van der Waals surface area (Å²) < 4.78 is 0. The highest BCUT2D eigenvalue weighted by atomic mass is 79.9. The molecule has 0 fully saturated rings. The number of aryl methyl sites for hydroxylation is 1. The summed E-state index contributed by atoms with van der Waals surface area (Å²) in [5, 5.41) is 3.35. The molecule has 1 aliphatic rings. The van der Waals surface area contributed by atoms with E-state index in [0.29, 0.717) is 10.6 Å². The monoisotopic (exact) mass is 316 g/mol. The third kappa shape index (κ3) is 2.37. The predicted molar refractivity (Wildman–Crippen MR) is 71.9 cm³/mol. The number of carbonyl (C=O) groups excluding carboxylic acids is 2. The maximum atomic E-state index is 11.6. The van der Waals surface area contributed by atoms with E-state index in [4.69, 9.17) is 5.73 Å². The molecule has 6 heteroatoms. The topological polar surface area (TPSA) is 72.2 Å². The predicted octanol–water partition coefficient (Wildman–Crippen LogP) is 2.06. The molecule has 2 amide bonds. The normalized spacial score (nSPS) is 15.4. The zero-order valence-corrected chi connectivity index (χ0v) is 11.8. The van der Waals surface area contributed by atoms with Crippen molar-refractivity contribution in [1.29, 1.82) is 0 Å². The van der Waals surface area contributed by atoms with Gasteiger partial charge in [-0.3, -0.25) is 9.59 Å². The Morgan fingerprint density at radius 1 is 1.47 bits per heavy atom. The molecule has 0 spiro atoms. The second kappa shape index (κ2) is 4.78. The second-order valence-corrected chi connectivity index (χ2v) is 6.51. The molecule has 0 saturated heterocycles. The lowest BCUT2D eigenvalue weighted by molar-refractivity contribution is -0.115. The average Bonchev–Trinajstić information content (AvgIpc) is 2.75. The fourth-order valence-electron chi connectivity index (χ4n) is 1.96. The largest absolute Gasteiger partial charge is 0.365 e. The molecule has 2 rings (SSSR count). The highest BCUT2D eigenvalue weighted by Gasteiger charge is 2.26. The van der Waals surface area contributed by atoms with Crippen molar-refractivity contribution in [2.45, 2.75) is 31.0 Å². The molecule has 1 atom stereocenters. The van der Waals surface area contributed by atoms with Crippen molar-refractivity contribution in [1.82, 2.24) is 0 Å². The fourth-order valence-corrected chi connectivity index (χ4v) is 3.38. The fraction of sp³-hybridized carbons (Fsp3) is 0.455. The van der Waals surface area contributed by atoms with Crippen LogP contribution in [0.2, 0.25) is 0 Å². The Balaban J connectivity index is 2.35. The Morgan fingerprint density at radius 2 is 2.18 bits per heavy atom. The van der Waals surface area contributed by atoms with Gasteiger partial charge in [-0.1, -0.05) is 15.9 Å². The number of thiophene rings is 1. The lowest BCUT2D eigenvalue weighted by Gasteiger charge is -2.06. The van der Waals surface area contributed by atoms with E-state index in [2.05, 4.69) is 21.2 Å². The van der Waals surface area contributed by atoms with Gasteiger partial charge in [-0.15, -0.1) is 11.3 Å². The van der Waals surface area contributed by atoms with Crippen LogP contribution in [0.4, 0.5) is 5.00 Å². The summed E-state index contributed by atoms with van der Waals surface area (Å²) in [7, 11) is 0. The zero-order chi connectivity index (χ0) is 12.6. The van der Waals surface area contributed by atoms with Crippen LogP contribution in [0.5, 0.6) is 0 Å². The highest BCUT2D eigenvalue weighted by molar-refractivity contribution is 9.10. The summed E-state index contributed by atoms with van der Waals surface area (Å²) >= 11 is 4.66. The molecule has 92 valence electrons. The number of hydrogen-bond acceptors (Lipinski definition) is 3. The average molecular weight is 317 g/mol. The lowest BCUT2D eigenvalue weighted by atomic mass is 10.1. The number of amides is 2. The van der Waals surface area contributed by atoms with Crippen LogP contribution in [0.3, 0.4) is 0 Å². The second-order valence-electron chi connectivity index (χ2n) is 4.03. The van der Waals surface area contributed by atoms with Gasteiger partial charge < -0.3 is 11.1 Å². The van der Waals surface area contributed by atoms with E-state index >= 15 is 0 Å². The van der Waals surface area contributed by atoms with Crippen LogP contribution in [0, 0.1) is 0 Å². The molecule has 1 unspecified atom stereocenters. The summed E-state index contributed by atoms with van der Waals surface area (Å²) in [4.78, 5) is 24.0. The summed E-state index contributed by atoms with van der Waals surface area (Å²) in [5.41, 5.74) is 6.92. The van der Waals surface area contributed by atoms with Crippen molar-refractivity contribution in [3.63, 3.8) is 0 Å². The number of hydrogen-bond donors (Lipinski definition) is 2. The van der Waals surface area contributed by atoms with Crippen LogP contribution in [0.1, 0.15) is 34.1 Å². The van der Waals surface area contributed by atoms with Gasteiger partial charge in [0.05, 0.1) is 10.4 Å². The molecule has 0 aliphatic heterocycles. The molecule has 0 bridgehead atoms. The van der Waals surface area contributed by atoms with Crippen molar-refractivity contribution in [2.24, 2.45) is 5.73 Å². The number of rotatable bonds is 3. The van der Waals surface area contributed by atoms with Crippen molar-refractivity contribution in [3.8, 4) is 0 Å². The molecule has 1 aliphatic carbocycles. The van der Waals surface area contributed by atoms with E-state index in [-0.39, 0.29) is 10.7 Å². The van der Waals surface area contributed by atoms with Crippen LogP contribution >= 0.6 is 27.3 Å². The Hall–Kier alpha value is -0.880. The van der Waals surface area contributed by atoms with Crippen LogP contribution in [-0.2, 0) is 17.6 Å². The van der Waals surface area contributed by atoms with E-state index in [1.807, 2.05) is 0 Å². The molecule has 3 N–H and O–H groups in total. The molecular formula is C11H13BrN2O2S. The van der Waals surface area contributed by atoms with Crippen LogP contribution in [-0.4, -0.2) is 16.6 Å². The first-order chi connectivity index (χ1) is 8.00. The standard InChI is InChI=1S/C11H13BrN2O2S/c1-5(12)10(16)14-11-8(9(13)15)6-3-2-4-7(6)17-11/h5H,2-4H2,1H3,(H2,13,15)(H,14,16). The molecule has 1 aromatic rings. The third-order valence-electron chi connectivity index (χ3n) is 2.77. The van der Waals surface area contributed by atoms with Crippen LogP contribution in [0.15, 0.2) is 0 Å². The van der Waals surface area contributed by atoms with Gasteiger partial charge in [-0.05, 0) is 31.7 Å². The van der Waals surface area contributed by atoms with Gasteiger partial charge in [0, 0.05) is 4.88 Å². The van der Waals surface area contributed by atoms with Crippen molar-refractivity contribution < 1.29 is 9.59 Å². The first-order valence-electron chi connectivity index (χ1n) is 5.40. The third-order valence-corrected chi connectivity index (χ3v) is 4.39. The first kappa shape index (κ1) is 12.6. The van der Waals surface area contributed by atoms with E-state index < -0.39 is 5.91 Å². The molecule has 0 radical (unpaired) electrons. The van der Waals surface area contributed by atoms with Crippen molar-refractivity contribution >= 4 is 44.1 Å². The molecule has 17 heavy (non-hydrogen) atoms. The van der Waals surface area contributed by atoms with Crippen molar-refractivity contribution in [3.05, 3.63) is 16.0 Å². The van der Waals surface area contributed by atoms with Gasteiger partial charge in [0.1, 0.15) is 5.00 Å². The Morgan fingerprint density at radius 3 is 2.76 bits per heavy atom. The minimum Gasteiger partial charge on any atom is -0.365 e. The minimum absolute atomic E-state index is 0.160. The number of alkyl halides is 1. The highest BCUT2D eigenvalue weighted by Crippen LogP contribution is 2.38. The summed E-state index contributed by atoms with van der Waals surface area (Å²) in [6, 6.07) is 0. The Bertz CT molecular complexity index is 482. The van der Waals surface area contributed by atoms with Crippen LogP contribution < -0.4 is 11.1 Å². The quantitative estimate of drug-likeness (QED) is 0.838. The number of anilines is 1. The molecule has 0 aromatic carbocycles. The molecule has 0 saturated carbocycles. The molecule has 1 aromatic heterocycles. The van der Waals surface area contributed by atoms with E-state index in [9.17, 15) is 9.59 Å². The van der Waals surface area contributed by atoms with E-state index in [1.54, 1.807) is 6.92 Å². The molecule has 4 nitrogen and oxygen atoms in total. The van der Waals surface area contributed by atoms with Crippen LogP contribution in [0.25, 0.3) is 0 Å². The minimum atomic E-state index is -0.457. The van der Waals surface area contributed by atoms with Gasteiger partial charge >= 0.3 is 0 Å². The smallest absolute Gasteiger partial charge is 0.251 e. The summed E-state index contributed by atoms with van der Waals surface area (Å²) in [6.45, 7) is 1.74. The summed E-state index contributed by atoms with van der Waals surface area (Å²) in [5.74, 6) is -0.616. The molecular weight excluding hydrogens is 304 g/mol. The number of primary amides is 1. The number of nitrogens with one attached hydrogen (secondary N) is 1. The number of carbonyl (C=O) groups is 2. The van der Waals surface area contributed by atoms with Gasteiger partial charge in [0.15, 0.2) is 0 Å². The Kier molecular flexibility index (Phi) is 3.53. The SMILES string of the molecule is CC(Br)C(=O)Nc1sc2c(c1C(N)=O)CCC2. The van der Waals surface area contributed by atoms with Gasteiger partial charge in [0.2, 0.25) is 5.91 Å². The van der Waals surface area contributed by atoms with Crippen molar-refractivity contribution in [2.75, 3.05) is 5.32 Å². The number of fused-ring (bicyclic) bond motifs is 1. The molecule has 1 heterocycles. The van der Waals surface area contributed by atoms with E-state index in [1.165, 1.54) is 16.2 Å². The van der Waals surface area contributed by atoms with Gasteiger partial charge in [-0.2, -0.15) is 0 Å². The number of nitrogens with two attached hydrogens (primary N) is 1. The Labute approximate surface area is 112 Å². The number of halogens is 1. The van der Waals surface area contributed by atoms with Gasteiger partial charge in [0.25, 0.3) is 5.91 Å². The van der Waals surface area contributed by atoms with Gasteiger partial charge in [-0.25, -0.2) is 0 Å². The lowest BCUT2D eigenvalue weighted by Crippen LogP contribution is -2.22. The summed E-state index contributed by atoms with van der Waals surface area (Å²) in [6.07, 6.45) is 2.91. The first-order valence-corrected chi connectivity index (χ1v) is 7.13. The maximum absolute atomic E-state index is 11.6. The maximum Gasteiger partial charge on any atom is 0.251 e. The zero-order valence-electron chi connectivity index (χ0n) is 9.38.